The van der Waals surface area contributed by atoms with Gasteiger partial charge in [0, 0.05) is 27.2 Å². The van der Waals surface area contributed by atoms with E-state index in [4.69, 9.17) is 0 Å². The van der Waals surface area contributed by atoms with E-state index in [1.807, 2.05) is 82.3 Å². The van der Waals surface area contributed by atoms with Crippen LogP contribution in [0, 0.1) is 39.0 Å². The van der Waals surface area contributed by atoms with Gasteiger partial charge in [-0.15, -0.1) is 0 Å². The predicted octanol–water partition coefficient (Wildman–Crippen LogP) is 6.02. The highest BCUT2D eigenvalue weighted by Crippen LogP contribution is 2.25. The number of benzene rings is 2. The van der Waals surface area contributed by atoms with Gasteiger partial charge in [0.05, 0.1) is 0 Å². The molecule has 0 spiro atoms. The summed E-state index contributed by atoms with van der Waals surface area (Å²) in [5.41, 5.74) is 6.72. The number of nitrogens with one attached hydrogen (secondary N) is 1. The molecule has 29 heavy (non-hydrogen) atoms. The first-order valence-electron chi connectivity index (χ1n) is 9.25. The standard InChI is InChI=1S/C24H22BrN3O/c1-15-8-9-23(16(2)10-15)27-24(29)20(14-26)12-19-11-17(3)28(18(19)4)22-7-5-6-21(25)13-22/h5-13H,1-4H3,(H,27,29)/b20-12+. The number of anilines is 1. The lowest BCUT2D eigenvalue weighted by atomic mass is 10.1. The number of nitriles is 1. The molecular formula is C24H22BrN3O. The van der Waals surface area contributed by atoms with E-state index >= 15 is 0 Å². The van der Waals surface area contributed by atoms with Crippen molar-refractivity contribution in [2.75, 3.05) is 5.32 Å². The SMILES string of the molecule is Cc1ccc(NC(=O)/C(C#N)=C/c2cc(C)n(-c3cccc(Br)c3)c2C)c(C)c1. The molecule has 0 aliphatic rings. The van der Waals surface area contributed by atoms with E-state index in [0.717, 1.165) is 38.2 Å². The minimum absolute atomic E-state index is 0.0690. The molecule has 0 bridgehead atoms. The Hall–Kier alpha value is -3.10. The van der Waals surface area contributed by atoms with Crippen LogP contribution in [0.25, 0.3) is 11.8 Å². The van der Waals surface area contributed by atoms with Crippen molar-refractivity contribution in [3.63, 3.8) is 0 Å². The topological polar surface area (TPSA) is 57.8 Å². The monoisotopic (exact) mass is 447 g/mol. The van der Waals surface area contributed by atoms with Crippen LogP contribution in [0.1, 0.15) is 28.1 Å². The van der Waals surface area contributed by atoms with Crippen molar-refractivity contribution in [2.45, 2.75) is 27.7 Å². The second kappa shape index (κ2) is 8.50. The number of halogens is 1. The molecule has 0 radical (unpaired) electrons. The minimum Gasteiger partial charge on any atom is -0.321 e. The number of aryl methyl sites for hydroxylation is 3. The van der Waals surface area contributed by atoms with Gasteiger partial charge in [-0.05, 0) is 75.2 Å². The zero-order valence-corrected chi connectivity index (χ0v) is 18.5. The molecule has 3 aromatic rings. The third-order valence-corrected chi connectivity index (χ3v) is 5.32. The summed E-state index contributed by atoms with van der Waals surface area (Å²) in [6.45, 7) is 7.92. The zero-order valence-electron chi connectivity index (χ0n) is 16.9. The summed E-state index contributed by atoms with van der Waals surface area (Å²) in [4.78, 5) is 12.7. The van der Waals surface area contributed by atoms with Crippen LogP contribution in [0.3, 0.4) is 0 Å². The Kier molecular flexibility index (Phi) is 6.05. The van der Waals surface area contributed by atoms with Crippen LogP contribution in [-0.2, 0) is 4.79 Å². The number of rotatable bonds is 4. The van der Waals surface area contributed by atoms with Gasteiger partial charge in [-0.1, -0.05) is 39.7 Å². The van der Waals surface area contributed by atoms with Crippen molar-refractivity contribution in [2.24, 2.45) is 0 Å². The van der Waals surface area contributed by atoms with Crippen LogP contribution in [0.2, 0.25) is 0 Å². The molecule has 0 saturated carbocycles. The van der Waals surface area contributed by atoms with Crippen LogP contribution < -0.4 is 5.32 Å². The summed E-state index contributed by atoms with van der Waals surface area (Å²) in [6, 6.07) is 17.8. The molecule has 1 N–H and O–H groups in total. The Morgan fingerprint density at radius 3 is 2.52 bits per heavy atom. The molecule has 0 saturated heterocycles. The third-order valence-electron chi connectivity index (χ3n) is 4.83. The fourth-order valence-electron chi connectivity index (χ4n) is 3.39. The third kappa shape index (κ3) is 4.49. The van der Waals surface area contributed by atoms with Crippen molar-refractivity contribution in [3.8, 4) is 11.8 Å². The highest BCUT2D eigenvalue weighted by molar-refractivity contribution is 9.10. The van der Waals surface area contributed by atoms with E-state index in [9.17, 15) is 10.1 Å². The molecule has 0 aliphatic heterocycles. The quantitative estimate of drug-likeness (QED) is 0.392. The van der Waals surface area contributed by atoms with Gasteiger partial charge in [0.25, 0.3) is 5.91 Å². The highest BCUT2D eigenvalue weighted by atomic mass is 79.9. The maximum Gasteiger partial charge on any atom is 0.266 e. The minimum atomic E-state index is -0.410. The number of amides is 1. The summed E-state index contributed by atoms with van der Waals surface area (Å²) >= 11 is 3.51. The molecule has 3 rings (SSSR count). The smallest absolute Gasteiger partial charge is 0.266 e. The van der Waals surface area contributed by atoms with Crippen LogP contribution in [-0.4, -0.2) is 10.5 Å². The molecular weight excluding hydrogens is 426 g/mol. The molecule has 1 amide bonds. The average Bonchev–Trinajstić information content (AvgIpc) is 2.95. The fraction of sp³-hybridized carbons (Fsp3) is 0.167. The number of aromatic nitrogens is 1. The highest BCUT2D eigenvalue weighted by Gasteiger charge is 2.15. The molecule has 0 atom stereocenters. The van der Waals surface area contributed by atoms with Crippen molar-refractivity contribution >= 4 is 33.6 Å². The summed E-state index contributed by atoms with van der Waals surface area (Å²) in [5.74, 6) is -0.410. The Morgan fingerprint density at radius 2 is 1.86 bits per heavy atom. The van der Waals surface area contributed by atoms with Gasteiger partial charge in [0.1, 0.15) is 11.6 Å². The van der Waals surface area contributed by atoms with Gasteiger partial charge in [0.2, 0.25) is 0 Å². The second-order valence-corrected chi connectivity index (χ2v) is 8.00. The van der Waals surface area contributed by atoms with Crippen molar-refractivity contribution in [1.29, 1.82) is 5.26 Å². The first-order valence-corrected chi connectivity index (χ1v) is 10.0. The summed E-state index contributed by atoms with van der Waals surface area (Å²) < 4.78 is 3.10. The van der Waals surface area contributed by atoms with Crippen LogP contribution >= 0.6 is 15.9 Å². The molecule has 1 aromatic heterocycles. The van der Waals surface area contributed by atoms with Crippen LogP contribution in [0.15, 0.2) is 58.6 Å². The molecule has 2 aromatic carbocycles. The summed E-state index contributed by atoms with van der Waals surface area (Å²) in [7, 11) is 0. The van der Waals surface area contributed by atoms with Gasteiger partial charge >= 0.3 is 0 Å². The molecule has 146 valence electrons. The predicted molar refractivity (Wildman–Crippen MR) is 121 cm³/mol. The van der Waals surface area contributed by atoms with Gasteiger partial charge in [-0.25, -0.2) is 0 Å². The largest absolute Gasteiger partial charge is 0.321 e. The molecule has 4 nitrogen and oxygen atoms in total. The first kappa shape index (κ1) is 20.6. The second-order valence-electron chi connectivity index (χ2n) is 7.08. The first-order chi connectivity index (χ1) is 13.8. The summed E-state index contributed by atoms with van der Waals surface area (Å²) in [5, 5.41) is 12.4. The van der Waals surface area contributed by atoms with E-state index in [0.29, 0.717) is 5.69 Å². The number of hydrogen-bond acceptors (Lipinski definition) is 2. The van der Waals surface area contributed by atoms with E-state index < -0.39 is 5.91 Å². The number of carbonyl (C=O) groups is 1. The zero-order chi connectivity index (χ0) is 21.1. The molecule has 0 unspecified atom stereocenters. The lowest BCUT2D eigenvalue weighted by molar-refractivity contribution is -0.112. The number of carbonyl (C=O) groups excluding carboxylic acids is 1. The van der Waals surface area contributed by atoms with Crippen molar-refractivity contribution in [3.05, 3.63) is 86.7 Å². The van der Waals surface area contributed by atoms with Crippen LogP contribution in [0.5, 0.6) is 0 Å². The Bertz CT molecular complexity index is 1170. The Morgan fingerprint density at radius 1 is 1.10 bits per heavy atom. The maximum atomic E-state index is 12.7. The summed E-state index contributed by atoms with van der Waals surface area (Å²) in [6.07, 6.45) is 1.65. The van der Waals surface area contributed by atoms with Crippen molar-refractivity contribution < 1.29 is 4.79 Å². The van der Waals surface area contributed by atoms with Crippen molar-refractivity contribution in [1.82, 2.24) is 4.57 Å². The van der Waals surface area contributed by atoms with E-state index in [1.54, 1.807) is 6.08 Å². The van der Waals surface area contributed by atoms with Gasteiger partial charge in [-0.2, -0.15) is 5.26 Å². The van der Waals surface area contributed by atoms with Gasteiger partial charge < -0.3 is 9.88 Å². The Labute approximate surface area is 179 Å². The van der Waals surface area contributed by atoms with Crippen LogP contribution in [0.4, 0.5) is 5.69 Å². The van der Waals surface area contributed by atoms with E-state index in [-0.39, 0.29) is 5.57 Å². The molecule has 1 heterocycles. The number of nitrogens with zero attached hydrogens (tertiary/aromatic N) is 2. The lowest BCUT2D eigenvalue weighted by Crippen LogP contribution is -2.14. The van der Waals surface area contributed by atoms with Gasteiger partial charge in [-0.3, -0.25) is 4.79 Å². The Balaban J connectivity index is 1.94. The fourth-order valence-corrected chi connectivity index (χ4v) is 3.78. The van der Waals surface area contributed by atoms with E-state index in [1.165, 1.54) is 0 Å². The molecule has 0 aliphatic carbocycles. The number of hydrogen-bond donors (Lipinski definition) is 1. The normalized spacial score (nSPS) is 11.2. The van der Waals surface area contributed by atoms with Gasteiger partial charge in [0.15, 0.2) is 0 Å². The molecule has 0 fully saturated rings. The average molecular weight is 448 g/mol. The lowest BCUT2D eigenvalue weighted by Gasteiger charge is -2.10. The molecule has 5 heteroatoms. The van der Waals surface area contributed by atoms with E-state index in [2.05, 4.69) is 25.8 Å². The maximum absolute atomic E-state index is 12.7.